The summed E-state index contributed by atoms with van der Waals surface area (Å²) in [5.74, 6) is 0.286. The Kier molecular flexibility index (Phi) is 4.22. The Morgan fingerprint density at radius 2 is 2.14 bits per heavy atom. The quantitative estimate of drug-likeness (QED) is 0.857. The van der Waals surface area contributed by atoms with E-state index in [9.17, 15) is 9.18 Å². The van der Waals surface area contributed by atoms with Gasteiger partial charge in [0.1, 0.15) is 5.82 Å². The van der Waals surface area contributed by atoms with Crippen LogP contribution in [0.15, 0.2) is 24.3 Å². The maximum absolute atomic E-state index is 13.8. The largest absolute Gasteiger partial charge is 0.349 e. The second-order valence-corrected chi connectivity index (χ2v) is 7.09. The molecule has 0 N–H and O–H groups in total. The van der Waals surface area contributed by atoms with Crippen LogP contribution < -0.4 is 0 Å². The van der Waals surface area contributed by atoms with Crippen molar-refractivity contribution in [3.05, 3.63) is 35.6 Å². The van der Waals surface area contributed by atoms with Gasteiger partial charge in [-0.25, -0.2) is 4.39 Å². The lowest BCUT2D eigenvalue weighted by atomic mass is 9.76. The van der Waals surface area contributed by atoms with Crippen LogP contribution in [0.5, 0.6) is 0 Å². The molecule has 4 heteroatoms. The third-order valence-corrected chi connectivity index (χ3v) is 5.46. The number of hydrogen-bond donors (Lipinski definition) is 0. The summed E-state index contributed by atoms with van der Waals surface area (Å²) in [6, 6.07) is 7.00. The zero-order valence-corrected chi connectivity index (χ0v) is 13.5. The number of carbonyl (C=O) groups excluding carboxylic acids is 1. The molecule has 1 saturated carbocycles. The number of carbonyl (C=O) groups is 1. The summed E-state index contributed by atoms with van der Waals surface area (Å²) < 4.78 is 13.8. The monoisotopic (exact) mass is 304 g/mol. The first-order valence-electron chi connectivity index (χ1n) is 8.19. The summed E-state index contributed by atoms with van der Waals surface area (Å²) in [5.41, 5.74) is 0.875. The predicted molar refractivity (Wildman–Crippen MR) is 84.8 cm³/mol. The van der Waals surface area contributed by atoms with Crippen LogP contribution in [0.1, 0.15) is 31.2 Å². The minimum Gasteiger partial charge on any atom is -0.349 e. The van der Waals surface area contributed by atoms with Crippen LogP contribution in [0.3, 0.4) is 0 Å². The first-order chi connectivity index (χ1) is 10.5. The topological polar surface area (TPSA) is 23.6 Å². The average molecular weight is 304 g/mol. The molecule has 2 atom stereocenters. The van der Waals surface area contributed by atoms with Crippen LogP contribution in [0.4, 0.5) is 4.39 Å². The Hall–Kier alpha value is -1.42. The first-order valence-corrected chi connectivity index (χ1v) is 8.19. The van der Waals surface area contributed by atoms with Crippen molar-refractivity contribution in [2.45, 2.75) is 32.2 Å². The summed E-state index contributed by atoms with van der Waals surface area (Å²) in [6.45, 7) is 2.54. The molecule has 3 nitrogen and oxygen atoms in total. The van der Waals surface area contributed by atoms with Gasteiger partial charge in [0.25, 0.3) is 0 Å². The SMILES string of the molecule is CN(C)C(=O)C1CCCC12CCN(Cc1ccccc1F)C2. The molecule has 22 heavy (non-hydrogen) atoms. The molecule has 2 unspecified atom stereocenters. The van der Waals surface area contributed by atoms with E-state index in [1.807, 2.05) is 26.2 Å². The van der Waals surface area contributed by atoms with Gasteiger partial charge >= 0.3 is 0 Å². The Bertz CT molecular complexity index is 560. The van der Waals surface area contributed by atoms with E-state index in [4.69, 9.17) is 0 Å². The summed E-state index contributed by atoms with van der Waals surface area (Å²) in [5, 5.41) is 0. The van der Waals surface area contributed by atoms with Crippen LogP contribution in [-0.2, 0) is 11.3 Å². The third kappa shape index (κ3) is 2.76. The van der Waals surface area contributed by atoms with E-state index in [1.54, 1.807) is 11.0 Å². The molecule has 3 rings (SSSR count). The van der Waals surface area contributed by atoms with Gasteiger partial charge in [0, 0.05) is 38.7 Å². The summed E-state index contributed by atoms with van der Waals surface area (Å²) in [6.07, 6.45) is 4.33. The Labute approximate surface area is 132 Å². The van der Waals surface area contributed by atoms with Crippen LogP contribution >= 0.6 is 0 Å². The second-order valence-electron chi connectivity index (χ2n) is 7.09. The Morgan fingerprint density at radius 3 is 2.86 bits per heavy atom. The lowest BCUT2D eigenvalue weighted by molar-refractivity contribution is -0.136. The van der Waals surface area contributed by atoms with Crippen LogP contribution in [0.2, 0.25) is 0 Å². The molecule has 2 aliphatic rings. The van der Waals surface area contributed by atoms with Crippen molar-refractivity contribution in [1.82, 2.24) is 9.80 Å². The minimum absolute atomic E-state index is 0.118. The van der Waals surface area contributed by atoms with Crippen molar-refractivity contribution in [2.75, 3.05) is 27.2 Å². The maximum Gasteiger partial charge on any atom is 0.225 e. The van der Waals surface area contributed by atoms with E-state index in [0.29, 0.717) is 6.54 Å². The van der Waals surface area contributed by atoms with Crippen molar-refractivity contribution in [2.24, 2.45) is 11.3 Å². The van der Waals surface area contributed by atoms with Gasteiger partial charge in [0.05, 0.1) is 0 Å². The van der Waals surface area contributed by atoms with Gasteiger partial charge in [-0.05, 0) is 37.3 Å². The number of benzene rings is 1. The van der Waals surface area contributed by atoms with Gasteiger partial charge in [-0.1, -0.05) is 24.6 Å². The summed E-state index contributed by atoms with van der Waals surface area (Å²) >= 11 is 0. The van der Waals surface area contributed by atoms with E-state index in [0.717, 1.165) is 44.3 Å². The average Bonchev–Trinajstić information content (AvgIpc) is 3.08. The Balaban J connectivity index is 1.71. The second kappa shape index (κ2) is 5.99. The highest BCUT2D eigenvalue weighted by Crippen LogP contribution is 2.50. The molecule has 1 spiro atoms. The van der Waals surface area contributed by atoms with Crippen LogP contribution in [0, 0.1) is 17.2 Å². The fraction of sp³-hybridized carbons (Fsp3) is 0.611. The number of likely N-dealkylation sites (tertiary alicyclic amines) is 1. The van der Waals surface area contributed by atoms with Crippen LogP contribution in [-0.4, -0.2) is 42.9 Å². The molecule has 1 aliphatic heterocycles. The van der Waals surface area contributed by atoms with E-state index in [1.165, 1.54) is 6.07 Å². The molecule has 1 aromatic rings. The lowest BCUT2D eigenvalue weighted by Crippen LogP contribution is -2.40. The number of nitrogens with zero attached hydrogens (tertiary/aromatic N) is 2. The molecule has 1 aromatic carbocycles. The highest BCUT2D eigenvalue weighted by Gasteiger charge is 2.50. The van der Waals surface area contributed by atoms with Crippen LogP contribution in [0.25, 0.3) is 0 Å². The van der Waals surface area contributed by atoms with Gasteiger partial charge in [0.2, 0.25) is 5.91 Å². The molecule has 1 heterocycles. The predicted octanol–water partition coefficient (Wildman–Crippen LogP) is 2.91. The van der Waals surface area contributed by atoms with E-state index >= 15 is 0 Å². The molecule has 0 radical (unpaired) electrons. The Morgan fingerprint density at radius 1 is 1.36 bits per heavy atom. The van der Waals surface area contributed by atoms with Crippen molar-refractivity contribution in [3.63, 3.8) is 0 Å². The third-order valence-electron chi connectivity index (χ3n) is 5.46. The van der Waals surface area contributed by atoms with Gasteiger partial charge < -0.3 is 4.90 Å². The molecule has 1 amide bonds. The van der Waals surface area contributed by atoms with Gasteiger partial charge in [0.15, 0.2) is 0 Å². The lowest BCUT2D eigenvalue weighted by Gasteiger charge is -2.32. The number of hydrogen-bond acceptors (Lipinski definition) is 2. The van der Waals surface area contributed by atoms with Gasteiger partial charge in [-0.15, -0.1) is 0 Å². The number of halogens is 1. The summed E-state index contributed by atoms with van der Waals surface area (Å²) in [7, 11) is 3.70. The smallest absolute Gasteiger partial charge is 0.225 e. The molecule has 0 bridgehead atoms. The summed E-state index contributed by atoms with van der Waals surface area (Å²) in [4.78, 5) is 16.5. The highest BCUT2D eigenvalue weighted by atomic mass is 19.1. The molecule has 2 fully saturated rings. The van der Waals surface area contributed by atoms with E-state index < -0.39 is 0 Å². The van der Waals surface area contributed by atoms with Crippen molar-refractivity contribution in [1.29, 1.82) is 0 Å². The van der Waals surface area contributed by atoms with E-state index in [2.05, 4.69) is 4.90 Å². The molecule has 120 valence electrons. The zero-order valence-electron chi connectivity index (χ0n) is 13.5. The fourth-order valence-electron chi connectivity index (χ4n) is 4.31. The number of amides is 1. The van der Waals surface area contributed by atoms with Gasteiger partial charge in [-0.2, -0.15) is 0 Å². The molecular formula is C18H25FN2O. The fourth-order valence-corrected chi connectivity index (χ4v) is 4.31. The van der Waals surface area contributed by atoms with Gasteiger partial charge in [-0.3, -0.25) is 9.69 Å². The maximum atomic E-state index is 13.8. The standard InChI is InChI=1S/C18H25FN2O/c1-20(2)17(22)15-7-5-9-18(15)10-11-21(13-18)12-14-6-3-4-8-16(14)19/h3-4,6,8,15H,5,7,9-13H2,1-2H3. The van der Waals surface area contributed by atoms with Crippen molar-refractivity contribution in [3.8, 4) is 0 Å². The first kappa shape index (κ1) is 15.5. The van der Waals surface area contributed by atoms with Crippen molar-refractivity contribution < 1.29 is 9.18 Å². The molecule has 1 saturated heterocycles. The van der Waals surface area contributed by atoms with Crippen molar-refractivity contribution >= 4 is 5.91 Å². The highest BCUT2D eigenvalue weighted by molar-refractivity contribution is 5.79. The van der Waals surface area contributed by atoms with E-state index in [-0.39, 0.29) is 23.1 Å². The minimum atomic E-state index is -0.129. The zero-order chi connectivity index (χ0) is 15.7. The molecule has 1 aliphatic carbocycles. The number of rotatable bonds is 3. The normalized spacial score (nSPS) is 28.4. The molecule has 0 aromatic heterocycles. The molecular weight excluding hydrogens is 279 g/mol.